The van der Waals surface area contributed by atoms with Crippen molar-refractivity contribution in [3.63, 3.8) is 0 Å². The predicted octanol–water partition coefficient (Wildman–Crippen LogP) is 5.50. The van der Waals surface area contributed by atoms with E-state index in [0.717, 1.165) is 24.3 Å². The fourth-order valence-corrected chi connectivity index (χ4v) is 6.22. The van der Waals surface area contributed by atoms with Gasteiger partial charge in [-0.05, 0) is 85.7 Å². The highest BCUT2D eigenvalue weighted by molar-refractivity contribution is 5.24. The minimum absolute atomic E-state index is 0.618. The van der Waals surface area contributed by atoms with Gasteiger partial charge >= 0.3 is 0 Å². The molecule has 4 fully saturated rings. The molecule has 0 radical (unpaired) electrons. The van der Waals surface area contributed by atoms with Crippen molar-refractivity contribution in [2.45, 2.75) is 77.8 Å². The van der Waals surface area contributed by atoms with Crippen LogP contribution in [0, 0.1) is 23.2 Å². The summed E-state index contributed by atoms with van der Waals surface area (Å²) in [7, 11) is 0. The molecule has 1 N–H and O–H groups in total. The van der Waals surface area contributed by atoms with Gasteiger partial charge in [0.25, 0.3) is 0 Å². The standard InChI is InChI=1S/C22H33N/c1-15(2)21-6-4-17(5-7-21)14-23-16(3)22-11-18-8-19(12-22)10-20(9-18)13-22/h4-7,15-16,18-20,23H,8-14H2,1-3H3/t16-,18?,19?,20?,22?/m1/s1. The smallest absolute Gasteiger partial charge is 0.0208 e. The van der Waals surface area contributed by atoms with E-state index in [4.69, 9.17) is 0 Å². The van der Waals surface area contributed by atoms with Crippen molar-refractivity contribution in [2.75, 3.05) is 0 Å². The van der Waals surface area contributed by atoms with Crippen LogP contribution in [0.25, 0.3) is 0 Å². The monoisotopic (exact) mass is 311 g/mol. The molecule has 4 aliphatic carbocycles. The molecule has 1 atom stereocenters. The molecule has 0 spiro atoms. The summed E-state index contributed by atoms with van der Waals surface area (Å²) in [5.41, 5.74) is 3.50. The molecule has 0 amide bonds. The summed E-state index contributed by atoms with van der Waals surface area (Å²) in [5, 5.41) is 3.90. The maximum Gasteiger partial charge on any atom is 0.0208 e. The van der Waals surface area contributed by atoms with E-state index >= 15 is 0 Å². The SMILES string of the molecule is CC(C)c1ccc(CN[C@H](C)C23CC4CC(CC(C4)C2)C3)cc1. The van der Waals surface area contributed by atoms with Crippen LogP contribution in [0.2, 0.25) is 0 Å². The fraction of sp³-hybridized carbons (Fsp3) is 0.727. The molecule has 0 saturated heterocycles. The highest BCUT2D eigenvalue weighted by atomic mass is 14.9. The normalized spacial score (nSPS) is 36.6. The molecule has 4 saturated carbocycles. The van der Waals surface area contributed by atoms with Crippen molar-refractivity contribution < 1.29 is 0 Å². The molecule has 23 heavy (non-hydrogen) atoms. The van der Waals surface area contributed by atoms with Crippen LogP contribution >= 0.6 is 0 Å². The van der Waals surface area contributed by atoms with Gasteiger partial charge in [0.15, 0.2) is 0 Å². The van der Waals surface area contributed by atoms with Crippen molar-refractivity contribution in [3.05, 3.63) is 35.4 Å². The first kappa shape index (κ1) is 15.7. The Labute approximate surface area is 142 Å². The van der Waals surface area contributed by atoms with Crippen LogP contribution in [0.3, 0.4) is 0 Å². The molecular weight excluding hydrogens is 278 g/mol. The van der Waals surface area contributed by atoms with Crippen molar-refractivity contribution in [3.8, 4) is 0 Å². The summed E-state index contributed by atoms with van der Waals surface area (Å²) < 4.78 is 0. The molecule has 4 bridgehead atoms. The Morgan fingerprint density at radius 2 is 1.43 bits per heavy atom. The highest BCUT2D eigenvalue weighted by Crippen LogP contribution is 2.61. The molecule has 0 aliphatic heterocycles. The minimum Gasteiger partial charge on any atom is -0.310 e. The summed E-state index contributed by atoms with van der Waals surface area (Å²) >= 11 is 0. The molecule has 0 unspecified atom stereocenters. The Morgan fingerprint density at radius 3 is 1.91 bits per heavy atom. The lowest BCUT2D eigenvalue weighted by molar-refractivity contribution is -0.0706. The average molecular weight is 312 g/mol. The van der Waals surface area contributed by atoms with Crippen LogP contribution in [0.4, 0.5) is 0 Å². The maximum atomic E-state index is 3.90. The topological polar surface area (TPSA) is 12.0 Å². The third-order valence-corrected chi connectivity index (χ3v) is 7.26. The molecule has 1 nitrogen and oxygen atoms in total. The Morgan fingerprint density at radius 1 is 0.913 bits per heavy atom. The van der Waals surface area contributed by atoms with E-state index < -0.39 is 0 Å². The number of rotatable bonds is 5. The van der Waals surface area contributed by atoms with Crippen molar-refractivity contribution in [2.24, 2.45) is 23.2 Å². The van der Waals surface area contributed by atoms with Gasteiger partial charge in [0.05, 0.1) is 0 Å². The number of nitrogens with one attached hydrogen (secondary N) is 1. The van der Waals surface area contributed by atoms with Crippen LogP contribution < -0.4 is 5.32 Å². The number of hydrogen-bond donors (Lipinski definition) is 1. The fourth-order valence-electron chi connectivity index (χ4n) is 6.22. The zero-order valence-electron chi connectivity index (χ0n) is 15.1. The van der Waals surface area contributed by atoms with Crippen molar-refractivity contribution in [1.29, 1.82) is 0 Å². The second-order valence-electron chi connectivity index (χ2n) is 9.28. The molecular formula is C22H33N. The number of benzene rings is 1. The average Bonchev–Trinajstić information content (AvgIpc) is 2.51. The second kappa shape index (κ2) is 5.92. The number of hydrogen-bond acceptors (Lipinski definition) is 1. The highest BCUT2D eigenvalue weighted by Gasteiger charge is 2.52. The van der Waals surface area contributed by atoms with Crippen LogP contribution in [0.1, 0.15) is 76.3 Å². The quantitative estimate of drug-likeness (QED) is 0.756. The molecule has 1 aromatic carbocycles. The van der Waals surface area contributed by atoms with Gasteiger partial charge in [0.2, 0.25) is 0 Å². The van der Waals surface area contributed by atoms with E-state index in [2.05, 4.69) is 50.4 Å². The molecule has 1 aromatic rings. The van der Waals surface area contributed by atoms with Gasteiger partial charge in [-0.3, -0.25) is 0 Å². The lowest BCUT2D eigenvalue weighted by Gasteiger charge is -2.59. The Bertz CT molecular complexity index is 506. The van der Waals surface area contributed by atoms with Crippen LogP contribution in [-0.2, 0) is 6.54 Å². The molecule has 5 rings (SSSR count). The van der Waals surface area contributed by atoms with Crippen LogP contribution in [0.5, 0.6) is 0 Å². The lowest BCUT2D eigenvalue weighted by atomic mass is 9.48. The molecule has 126 valence electrons. The van der Waals surface area contributed by atoms with E-state index in [1.54, 1.807) is 19.3 Å². The van der Waals surface area contributed by atoms with Gasteiger partial charge in [-0.15, -0.1) is 0 Å². The molecule has 0 heterocycles. The van der Waals surface area contributed by atoms with E-state index in [1.165, 1.54) is 30.4 Å². The zero-order chi connectivity index (χ0) is 16.0. The Balaban J connectivity index is 1.39. The summed E-state index contributed by atoms with van der Waals surface area (Å²) in [6.07, 6.45) is 9.13. The Hall–Kier alpha value is -0.820. The van der Waals surface area contributed by atoms with Crippen LogP contribution in [-0.4, -0.2) is 6.04 Å². The summed E-state index contributed by atoms with van der Waals surface area (Å²) in [6, 6.07) is 9.90. The van der Waals surface area contributed by atoms with Gasteiger partial charge in [-0.2, -0.15) is 0 Å². The first-order valence-corrected chi connectivity index (χ1v) is 9.86. The van der Waals surface area contributed by atoms with Gasteiger partial charge in [0, 0.05) is 12.6 Å². The van der Waals surface area contributed by atoms with Gasteiger partial charge in [-0.25, -0.2) is 0 Å². The third kappa shape index (κ3) is 2.97. The zero-order valence-corrected chi connectivity index (χ0v) is 15.1. The second-order valence-corrected chi connectivity index (χ2v) is 9.28. The maximum absolute atomic E-state index is 3.90. The van der Waals surface area contributed by atoms with Crippen molar-refractivity contribution >= 4 is 0 Å². The van der Waals surface area contributed by atoms with E-state index in [1.807, 2.05) is 0 Å². The molecule has 0 aromatic heterocycles. The largest absolute Gasteiger partial charge is 0.310 e. The van der Waals surface area contributed by atoms with Gasteiger partial charge in [-0.1, -0.05) is 38.1 Å². The first-order valence-electron chi connectivity index (χ1n) is 9.86. The summed E-state index contributed by atoms with van der Waals surface area (Å²) in [6.45, 7) is 8.03. The molecule has 4 aliphatic rings. The lowest BCUT2D eigenvalue weighted by Crippen LogP contribution is -2.54. The van der Waals surface area contributed by atoms with E-state index in [0.29, 0.717) is 17.4 Å². The van der Waals surface area contributed by atoms with Gasteiger partial charge in [0.1, 0.15) is 0 Å². The van der Waals surface area contributed by atoms with Gasteiger partial charge < -0.3 is 5.32 Å². The van der Waals surface area contributed by atoms with E-state index in [-0.39, 0.29) is 0 Å². The first-order chi connectivity index (χ1) is 11.0. The third-order valence-electron chi connectivity index (χ3n) is 7.26. The summed E-state index contributed by atoms with van der Waals surface area (Å²) in [4.78, 5) is 0. The van der Waals surface area contributed by atoms with Crippen molar-refractivity contribution in [1.82, 2.24) is 5.32 Å². The Kier molecular flexibility index (Phi) is 4.04. The minimum atomic E-state index is 0.618. The van der Waals surface area contributed by atoms with Crippen LogP contribution in [0.15, 0.2) is 24.3 Å². The van der Waals surface area contributed by atoms with E-state index in [9.17, 15) is 0 Å². The predicted molar refractivity (Wildman–Crippen MR) is 97.4 cm³/mol. The molecule has 1 heteroatoms. The summed E-state index contributed by atoms with van der Waals surface area (Å²) in [5.74, 6) is 3.78.